The van der Waals surface area contributed by atoms with Gasteiger partial charge in [-0.3, -0.25) is 0 Å². The van der Waals surface area contributed by atoms with Gasteiger partial charge in [0.25, 0.3) is 0 Å². The third kappa shape index (κ3) is 2.53. The van der Waals surface area contributed by atoms with Crippen molar-refractivity contribution < 1.29 is 4.74 Å². The third-order valence-corrected chi connectivity index (χ3v) is 3.46. The molecule has 102 valence electrons. The normalized spacial score (nSPS) is 10.9. The molecule has 0 amide bonds. The fourth-order valence-corrected chi connectivity index (χ4v) is 2.31. The highest BCUT2D eigenvalue weighted by atomic mass is 16.5. The molecule has 0 bridgehead atoms. The summed E-state index contributed by atoms with van der Waals surface area (Å²) in [5.41, 5.74) is 10.1. The van der Waals surface area contributed by atoms with Gasteiger partial charge in [0.1, 0.15) is 12.4 Å². The predicted octanol–water partition coefficient (Wildman–Crippen LogP) is 3.51. The lowest BCUT2D eigenvalue weighted by atomic mass is 10.2. The number of aromatic amines is 1. The highest BCUT2D eigenvalue weighted by Gasteiger charge is 2.03. The molecule has 0 saturated carbocycles. The zero-order valence-electron chi connectivity index (χ0n) is 11.5. The second-order valence-corrected chi connectivity index (χ2v) is 4.97. The van der Waals surface area contributed by atoms with E-state index in [4.69, 9.17) is 10.5 Å². The Kier molecular flexibility index (Phi) is 3.44. The molecule has 3 aromatic rings. The lowest BCUT2D eigenvalue weighted by molar-refractivity contribution is 0.300. The molecule has 3 heteroatoms. The van der Waals surface area contributed by atoms with E-state index in [1.54, 1.807) is 0 Å². The van der Waals surface area contributed by atoms with E-state index < -0.39 is 0 Å². The van der Waals surface area contributed by atoms with Gasteiger partial charge in [-0.05, 0) is 41.6 Å². The minimum Gasteiger partial charge on any atom is -0.487 e. The van der Waals surface area contributed by atoms with Crippen LogP contribution < -0.4 is 10.5 Å². The number of benzene rings is 2. The first-order chi connectivity index (χ1) is 9.76. The maximum Gasteiger partial charge on any atom is 0.128 e. The highest BCUT2D eigenvalue weighted by Crippen LogP contribution is 2.20. The maximum absolute atomic E-state index is 5.85. The molecule has 0 unspecified atom stereocenters. The van der Waals surface area contributed by atoms with Crippen molar-refractivity contribution in [2.24, 2.45) is 5.73 Å². The van der Waals surface area contributed by atoms with Crippen molar-refractivity contribution in [1.29, 1.82) is 0 Å². The number of rotatable bonds is 4. The van der Waals surface area contributed by atoms with Crippen LogP contribution in [0.2, 0.25) is 0 Å². The fourth-order valence-electron chi connectivity index (χ4n) is 2.31. The summed E-state index contributed by atoms with van der Waals surface area (Å²) >= 11 is 0. The minimum atomic E-state index is 0.539. The minimum absolute atomic E-state index is 0.539. The molecule has 1 heterocycles. The van der Waals surface area contributed by atoms with Crippen LogP contribution in [0.25, 0.3) is 10.9 Å². The van der Waals surface area contributed by atoms with E-state index in [1.807, 2.05) is 31.2 Å². The Hall–Kier alpha value is -2.26. The van der Waals surface area contributed by atoms with Crippen LogP contribution in [0, 0.1) is 6.92 Å². The molecule has 3 N–H and O–H groups in total. The van der Waals surface area contributed by atoms with Gasteiger partial charge in [0, 0.05) is 12.1 Å². The molecule has 2 aromatic carbocycles. The van der Waals surface area contributed by atoms with Gasteiger partial charge in [-0.25, -0.2) is 0 Å². The Balaban J connectivity index is 1.79. The van der Waals surface area contributed by atoms with Crippen molar-refractivity contribution in [3.05, 3.63) is 65.4 Å². The summed E-state index contributed by atoms with van der Waals surface area (Å²) < 4.78 is 5.85. The summed E-state index contributed by atoms with van der Waals surface area (Å²) in [4.78, 5) is 3.38. The van der Waals surface area contributed by atoms with Gasteiger partial charge in [0.05, 0.1) is 5.69 Å². The Morgan fingerprint density at radius 3 is 2.75 bits per heavy atom. The lowest BCUT2D eigenvalue weighted by Gasteiger charge is -2.07. The number of hydrogen-bond acceptors (Lipinski definition) is 2. The van der Waals surface area contributed by atoms with Gasteiger partial charge in [0.2, 0.25) is 0 Å². The van der Waals surface area contributed by atoms with Crippen molar-refractivity contribution in [3.8, 4) is 5.75 Å². The van der Waals surface area contributed by atoms with Crippen LogP contribution in [-0.4, -0.2) is 4.98 Å². The zero-order chi connectivity index (χ0) is 13.9. The number of para-hydroxylation sites is 1. The first kappa shape index (κ1) is 12.8. The Bertz CT molecular complexity index is 731. The van der Waals surface area contributed by atoms with Gasteiger partial charge in [0.15, 0.2) is 0 Å². The van der Waals surface area contributed by atoms with Crippen molar-refractivity contribution in [1.82, 2.24) is 4.98 Å². The van der Waals surface area contributed by atoms with E-state index in [0.29, 0.717) is 13.2 Å². The number of ether oxygens (including phenoxy) is 1. The van der Waals surface area contributed by atoms with E-state index in [9.17, 15) is 0 Å². The van der Waals surface area contributed by atoms with Crippen molar-refractivity contribution >= 4 is 10.9 Å². The highest BCUT2D eigenvalue weighted by molar-refractivity contribution is 5.81. The Morgan fingerprint density at radius 1 is 1.10 bits per heavy atom. The SMILES string of the molecule is Cc1ccccc1OCc1cc2ccc(CN)cc2[nH]1. The molecule has 3 rings (SSSR count). The topological polar surface area (TPSA) is 51.0 Å². The predicted molar refractivity (Wildman–Crippen MR) is 81.7 cm³/mol. The number of nitrogens with two attached hydrogens (primary N) is 1. The first-order valence-electron chi connectivity index (χ1n) is 6.75. The zero-order valence-corrected chi connectivity index (χ0v) is 11.5. The van der Waals surface area contributed by atoms with E-state index in [2.05, 4.69) is 29.2 Å². The van der Waals surface area contributed by atoms with Crippen molar-refractivity contribution in [2.75, 3.05) is 0 Å². The molecule has 0 aliphatic carbocycles. The largest absolute Gasteiger partial charge is 0.487 e. The number of fused-ring (bicyclic) bond motifs is 1. The molecule has 0 atom stereocenters. The maximum atomic E-state index is 5.85. The molecule has 0 aliphatic rings. The number of H-pyrrole nitrogens is 1. The van der Waals surface area contributed by atoms with Crippen LogP contribution >= 0.6 is 0 Å². The lowest BCUT2D eigenvalue weighted by Crippen LogP contribution is -1.97. The van der Waals surface area contributed by atoms with E-state index in [-0.39, 0.29) is 0 Å². The average Bonchev–Trinajstić information content (AvgIpc) is 2.88. The van der Waals surface area contributed by atoms with E-state index >= 15 is 0 Å². The van der Waals surface area contributed by atoms with E-state index in [0.717, 1.165) is 28.1 Å². The van der Waals surface area contributed by atoms with Crippen LogP contribution in [0.15, 0.2) is 48.5 Å². The van der Waals surface area contributed by atoms with Gasteiger partial charge in [-0.1, -0.05) is 30.3 Å². The van der Waals surface area contributed by atoms with E-state index in [1.165, 1.54) is 5.39 Å². The number of aryl methyl sites for hydroxylation is 1. The van der Waals surface area contributed by atoms with Gasteiger partial charge >= 0.3 is 0 Å². The Labute approximate surface area is 118 Å². The summed E-state index contributed by atoms with van der Waals surface area (Å²) in [6.45, 7) is 3.15. The average molecular weight is 266 g/mol. The smallest absolute Gasteiger partial charge is 0.128 e. The molecule has 0 radical (unpaired) electrons. The summed E-state index contributed by atoms with van der Waals surface area (Å²) in [5, 5.41) is 1.19. The molecule has 0 saturated heterocycles. The molecule has 1 aromatic heterocycles. The first-order valence-corrected chi connectivity index (χ1v) is 6.75. The molecular formula is C17H18N2O. The van der Waals surface area contributed by atoms with Crippen LogP contribution in [0.4, 0.5) is 0 Å². The second kappa shape index (κ2) is 5.39. The van der Waals surface area contributed by atoms with Gasteiger partial charge in [-0.2, -0.15) is 0 Å². The standard InChI is InChI=1S/C17H18N2O/c1-12-4-2-3-5-17(12)20-11-15-9-14-7-6-13(10-18)8-16(14)19-15/h2-9,19H,10-11,18H2,1H3. The molecule has 20 heavy (non-hydrogen) atoms. The number of nitrogens with one attached hydrogen (secondary N) is 1. The fraction of sp³-hybridized carbons (Fsp3) is 0.176. The summed E-state index contributed by atoms with van der Waals surface area (Å²) in [6.07, 6.45) is 0. The molecular weight excluding hydrogens is 248 g/mol. The van der Waals surface area contributed by atoms with Crippen LogP contribution in [-0.2, 0) is 13.2 Å². The molecule has 3 nitrogen and oxygen atoms in total. The summed E-state index contributed by atoms with van der Waals surface area (Å²) in [6, 6.07) is 16.4. The van der Waals surface area contributed by atoms with Crippen LogP contribution in [0.1, 0.15) is 16.8 Å². The van der Waals surface area contributed by atoms with Crippen molar-refractivity contribution in [3.63, 3.8) is 0 Å². The van der Waals surface area contributed by atoms with Gasteiger partial charge in [-0.15, -0.1) is 0 Å². The van der Waals surface area contributed by atoms with Crippen LogP contribution in [0.3, 0.4) is 0 Å². The molecule has 0 aliphatic heterocycles. The Morgan fingerprint density at radius 2 is 1.95 bits per heavy atom. The molecule has 0 spiro atoms. The van der Waals surface area contributed by atoms with Crippen molar-refractivity contribution in [2.45, 2.75) is 20.1 Å². The third-order valence-electron chi connectivity index (χ3n) is 3.46. The molecule has 0 fully saturated rings. The second-order valence-electron chi connectivity index (χ2n) is 4.97. The number of hydrogen-bond donors (Lipinski definition) is 2. The monoisotopic (exact) mass is 266 g/mol. The van der Waals surface area contributed by atoms with Crippen LogP contribution in [0.5, 0.6) is 5.75 Å². The summed E-state index contributed by atoms with van der Waals surface area (Å²) in [5.74, 6) is 0.925. The number of aromatic nitrogens is 1. The summed E-state index contributed by atoms with van der Waals surface area (Å²) in [7, 11) is 0. The quantitative estimate of drug-likeness (QED) is 0.759. The van der Waals surface area contributed by atoms with Gasteiger partial charge < -0.3 is 15.5 Å².